The van der Waals surface area contributed by atoms with Crippen molar-refractivity contribution in [1.29, 1.82) is 0 Å². The highest BCUT2D eigenvalue weighted by Gasteiger charge is 2.28. The largest absolute Gasteiger partial charge is 0.481 e. The Labute approximate surface area is 292 Å². The maximum atomic E-state index is 13.7. The van der Waals surface area contributed by atoms with E-state index in [1.54, 1.807) is 72.8 Å². The van der Waals surface area contributed by atoms with Gasteiger partial charge in [-0.2, -0.15) is 0 Å². The first-order chi connectivity index (χ1) is 24.7. The predicted octanol–water partition coefficient (Wildman–Crippen LogP) is 5.74. The molecule has 0 aliphatic carbocycles. The summed E-state index contributed by atoms with van der Waals surface area (Å²) in [5, 5.41) is 11.8. The van der Waals surface area contributed by atoms with Gasteiger partial charge in [0.05, 0.1) is 12.0 Å². The molecule has 12 nitrogen and oxygen atoms in total. The number of amides is 1. The number of nitrogens with one attached hydrogen (secondary N) is 1. The fraction of sp³-hybridized carbons (Fsp3) is 0.154. The van der Waals surface area contributed by atoms with E-state index in [9.17, 15) is 29.1 Å². The molecule has 4 aromatic carbocycles. The third kappa shape index (κ3) is 10.6. The molecule has 0 spiro atoms. The van der Waals surface area contributed by atoms with Crippen molar-refractivity contribution in [2.45, 2.75) is 32.3 Å². The van der Waals surface area contributed by atoms with Gasteiger partial charge in [0, 0.05) is 5.56 Å². The Kier molecular flexibility index (Phi) is 12.3. The van der Waals surface area contributed by atoms with E-state index in [0.29, 0.717) is 11.1 Å². The summed E-state index contributed by atoms with van der Waals surface area (Å²) < 4.78 is 27.2. The molecule has 0 saturated carbocycles. The minimum absolute atomic E-state index is 0.00603. The van der Waals surface area contributed by atoms with Gasteiger partial charge in [0.15, 0.2) is 6.61 Å². The molecule has 0 bridgehead atoms. The lowest BCUT2D eigenvalue weighted by atomic mass is 10.1. The van der Waals surface area contributed by atoms with Crippen LogP contribution in [0.4, 0.5) is 0 Å². The van der Waals surface area contributed by atoms with Crippen LogP contribution in [-0.2, 0) is 48.4 Å². The van der Waals surface area contributed by atoms with Crippen molar-refractivity contribution in [2.75, 3.05) is 6.61 Å². The fourth-order valence-corrected chi connectivity index (χ4v) is 4.73. The quantitative estimate of drug-likeness (QED) is 0.0956. The SMILES string of the molecule is O=C(COc1cc(-c2ccc(C(=O)O)o2)ccc1C(=O)NC(CC(=O)OCc1ccccc1)C(=O)OCc1ccccc1)OCc1ccccc1. The summed E-state index contributed by atoms with van der Waals surface area (Å²) in [5.74, 6) is -4.76. The molecular weight excluding hydrogens is 658 g/mol. The second-order valence-corrected chi connectivity index (χ2v) is 11.1. The van der Waals surface area contributed by atoms with E-state index in [2.05, 4.69) is 5.32 Å². The summed E-state index contributed by atoms with van der Waals surface area (Å²) in [6.07, 6.45) is -0.545. The van der Waals surface area contributed by atoms with E-state index < -0.39 is 48.9 Å². The van der Waals surface area contributed by atoms with Crippen molar-refractivity contribution < 1.29 is 52.4 Å². The number of carbonyl (C=O) groups is 5. The van der Waals surface area contributed by atoms with E-state index in [4.69, 9.17) is 23.4 Å². The number of rotatable bonds is 16. The van der Waals surface area contributed by atoms with Crippen molar-refractivity contribution in [3.05, 3.63) is 149 Å². The Hall–Kier alpha value is -6.69. The Morgan fingerprint density at radius 1 is 0.647 bits per heavy atom. The molecule has 5 rings (SSSR count). The normalized spacial score (nSPS) is 11.1. The van der Waals surface area contributed by atoms with Gasteiger partial charge in [0.2, 0.25) is 5.76 Å². The van der Waals surface area contributed by atoms with E-state index in [0.717, 1.165) is 11.1 Å². The molecule has 1 aromatic heterocycles. The van der Waals surface area contributed by atoms with Crippen LogP contribution in [0.5, 0.6) is 5.75 Å². The number of hydrogen-bond acceptors (Lipinski definition) is 10. The third-order valence-electron chi connectivity index (χ3n) is 7.34. The average Bonchev–Trinajstić information content (AvgIpc) is 3.66. The highest BCUT2D eigenvalue weighted by Crippen LogP contribution is 2.29. The highest BCUT2D eigenvalue weighted by atomic mass is 16.6. The van der Waals surface area contributed by atoms with Gasteiger partial charge in [0.1, 0.15) is 37.4 Å². The molecular formula is C39H33NO11. The molecule has 1 amide bonds. The fourth-order valence-electron chi connectivity index (χ4n) is 4.73. The van der Waals surface area contributed by atoms with Crippen LogP contribution in [-0.4, -0.2) is 47.5 Å². The molecule has 2 N–H and O–H groups in total. The van der Waals surface area contributed by atoms with Gasteiger partial charge < -0.3 is 33.8 Å². The van der Waals surface area contributed by atoms with Gasteiger partial charge in [-0.05, 0) is 41.0 Å². The van der Waals surface area contributed by atoms with Gasteiger partial charge in [-0.25, -0.2) is 14.4 Å². The molecule has 0 saturated heterocycles. The predicted molar refractivity (Wildman–Crippen MR) is 181 cm³/mol. The first-order valence-corrected chi connectivity index (χ1v) is 15.8. The molecule has 0 fully saturated rings. The summed E-state index contributed by atoms with van der Waals surface area (Å²) in [5.41, 5.74) is 2.40. The summed E-state index contributed by atoms with van der Waals surface area (Å²) in [6.45, 7) is -0.756. The lowest BCUT2D eigenvalue weighted by Crippen LogP contribution is -2.43. The maximum Gasteiger partial charge on any atom is 0.371 e. The lowest BCUT2D eigenvalue weighted by Gasteiger charge is -2.19. The van der Waals surface area contributed by atoms with Crippen LogP contribution in [0.2, 0.25) is 0 Å². The van der Waals surface area contributed by atoms with E-state index in [-0.39, 0.29) is 42.7 Å². The zero-order chi connectivity index (χ0) is 36.0. The zero-order valence-electron chi connectivity index (χ0n) is 27.2. The first kappa shape index (κ1) is 35.6. The summed E-state index contributed by atoms with van der Waals surface area (Å²) in [6, 6.07) is 32.2. The maximum absolute atomic E-state index is 13.7. The van der Waals surface area contributed by atoms with Crippen LogP contribution in [0.3, 0.4) is 0 Å². The van der Waals surface area contributed by atoms with Gasteiger partial charge >= 0.3 is 23.9 Å². The second kappa shape index (κ2) is 17.6. The number of hydrogen-bond donors (Lipinski definition) is 2. The van der Waals surface area contributed by atoms with Crippen LogP contribution in [0.25, 0.3) is 11.3 Å². The van der Waals surface area contributed by atoms with Crippen molar-refractivity contribution in [3.63, 3.8) is 0 Å². The smallest absolute Gasteiger partial charge is 0.371 e. The Balaban J connectivity index is 1.34. The number of ether oxygens (including phenoxy) is 4. The van der Waals surface area contributed by atoms with Crippen LogP contribution < -0.4 is 10.1 Å². The Morgan fingerprint density at radius 2 is 1.20 bits per heavy atom. The Bertz CT molecular complexity index is 1960. The third-order valence-corrected chi connectivity index (χ3v) is 7.34. The summed E-state index contributed by atoms with van der Waals surface area (Å²) in [7, 11) is 0. The standard InChI is InChI=1S/C39H33NO11/c41-35(48-22-26-10-4-1-5-11-26)21-31(39(46)50-24-28-14-8-3-9-15-28)40-37(43)30-17-16-29(32-18-19-33(51-32)38(44)45)20-34(30)47-25-36(42)49-23-27-12-6-2-7-13-27/h1-20,31H,21-25H2,(H,40,43)(H,44,45). The minimum atomic E-state index is -1.46. The van der Waals surface area contributed by atoms with E-state index >= 15 is 0 Å². The van der Waals surface area contributed by atoms with Crippen LogP contribution in [0.15, 0.2) is 126 Å². The molecule has 1 unspecified atom stereocenters. The van der Waals surface area contributed by atoms with Gasteiger partial charge in [0.25, 0.3) is 5.91 Å². The zero-order valence-corrected chi connectivity index (χ0v) is 27.2. The molecule has 1 heterocycles. The Morgan fingerprint density at radius 3 is 1.75 bits per heavy atom. The molecule has 5 aromatic rings. The van der Waals surface area contributed by atoms with Crippen LogP contribution in [0.1, 0.15) is 44.0 Å². The van der Waals surface area contributed by atoms with E-state index in [1.807, 2.05) is 18.2 Å². The van der Waals surface area contributed by atoms with Gasteiger partial charge in [-0.1, -0.05) is 97.1 Å². The van der Waals surface area contributed by atoms with Crippen molar-refractivity contribution in [3.8, 4) is 17.1 Å². The topological polar surface area (TPSA) is 168 Å². The highest BCUT2D eigenvalue weighted by molar-refractivity contribution is 6.00. The van der Waals surface area contributed by atoms with Crippen LogP contribution in [0, 0.1) is 0 Å². The lowest BCUT2D eigenvalue weighted by molar-refractivity contribution is -0.153. The number of carboxylic acids is 1. The summed E-state index contributed by atoms with van der Waals surface area (Å²) in [4.78, 5) is 63.9. The second-order valence-electron chi connectivity index (χ2n) is 11.1. The molecule has 0 aliphatic heterocycles. The number of furan rings is 1. The number of esters is 3. The van der Waals surface area contributed by atoms with Gasteiger partial charge in [-0.3, -0.25) is 9.59 Å². The van der Waals surface area contributed by atoms with E-state index in [1.165, 1.54) is 30.3 Å². The number of carboxylic acid groups (broad SMARTS) is 1. The number of benzene rings is 4. The number of carbonyl (C=O) groups excluding carboxylic acids is 4. The van der Waals surface area contributed by atoms with Crippen molar-refractivity contribution in [2.24, 2.45) is 0 Å². The van der Waals surface area contributed by atoms with Crippen molar-refractivity contribution in [1.82, 2.24) is 5.32 Å². The molecule has 260 valence electrons. The van der Waals surface area contributed by atoms with Crippen LogP contribution >= 0.6 is 0 Å². The molecule has 12 heteroatoms. The molecule has 1 atom stereocenters. The average molecular weight is 692 g/mol. The van der Waals surface area contributed by atoms with Gasteiger partial charge in [-0.15, -0.1) is 0 Å². The number of aromatic carboxylic acids is 1. The minimum Gasteiger partial charge on any atom is -0.481 e. The molecule has 0 aliphatic rings. The summed E-state index contributed by atoms with van der Waals surface area (Å²) >= 11 is 0. The molecule has 51 heavy (non-hydrogen) atoms. The molecule has 0 radical (unpaired) electrons. The monoisotopic (exact) mass is 691 g/mol. The first-order valence-electron chi connectivity index (χ1n) is 15.8. The van der Waals surface area contributed by atoms with Crippen molar-refractivity contribution >= 4 is 29.8 Å².